The second-order valence-electron chi connectivity index (χ2n) is 9.80. The third-order valence-corrected chi connectivity index (χ3v) is 8.27. The van der Waals surface area contributed by atoms with Crippen molar-refractivity contribution in [3.63, 3.8) is 0 Å². The Morgan fingerprint density at radius 1 is 1.28 bits per heavy atom. The predicted octanol–water partition coefficient (Wildman–Crippen LogP) is 0.791. The minimum atomic E-state index is -4.07. The van der Waals surface area contributed by atoms with Gasteiger partial charge in [0, 0.05) is 19.6 Å². The molecule has 12 heteroatoms. The third kappa shape index (κ3) is 6.67. The maximum atomic E-state index is 13.7. The number of methoxy groups -OCH3 is 1. The Balaban J connectivity index is 1.89. The Hall–Kier alpha value is -2.86. The number of nitrogens with one attached hydrogen (secondary N) is 2. The number of para-hydroxylation sites is 1. The topological polar surface area (TPSA) is 169 Å². The van der Waals surface area contributed by atoms with Crippen LogP contribution in [0.25, 0.3) is 0 Å². The summed E-state index contributed by atoms with van der Waals surface area (Å²) >= 11 is 0. The first-order valence-electron chi connectivity index (χ1n) is 12.3. The van der Waals surface area contributed by atoms with E-state index in [0.717, 1.165) is 12.0 Å². The Morgan fingerprint density at radius 2 is 2.03 bits per heavy atom. The summed E-state index contributed by atoms with van der Waals surface area (Å²) in [5, 5.41) is 3.23. The lowest BCUT2D eigenvalue weighted by Crippen LogP contribution is -2.56. The third-order valence-electron chi connectivity index (χ3n) is 6.76. The van der Waals surface area contributed by atoms with E-state index < -0.39 is 34.0 Å². The number of sulfonamides is 1. The van der Waals surface area contributed by atoms with E-state index in [-0.39, 0.29) is 29.7 Å². The number of hydrogen-bond acceptors (Lipinski definition) is 7. The highest BCUT2D eigenvalue weighted by Crippen LogP contribution is 2.32. The average Bonchev–Trinajstić information content (AvgIpc) is 2.84. The molecule has 0 radical (unpaired) electrons. The van der Waals surface area contributed by atoms with Crippen LogP contribution in [0.15, 0.2) is 28.1 Å². The molecule has 0 saturated carbocycles. The standard InChI is InChI=1S/C24H38N6O5S/c1-15-9-11-30(19(13-15)23(32)35-3)22(31)18(7-5-10-27-24(25)26)29-36(33,34)20-8-4-6-17-12-16(2)14-28-21(17)20/h4,6,8,15-16,18-19,28-29H,5,7,9-14H2,1-3H3,(H4,25,26,27). The zero-order valence-electron chi connectivity index (χ0n) is 21.2. The van der Waals surface area contributed by atoms with E-state index in [1.54, 1.807) is 6.07 Å². The van der Waals surface area contributed by atoms with Crippen LogP contribution in [0.2, 0.25) is 0 Å². The molecular formula is C24H38N6O5S. The van der Waals surface area contributed by atoms with Crippen molar-refractivity contribution in [1.82, 2.24) is 9.62 Å². The molecule has 4 atom stereocenters. The minimum absolute atomic E-state index is 0.0783. The fraction of sp³-hybridized carbons (Fsp3) is 0.625. The van der Waals surface area contributed by atoms with Gasteiger partial charge in [-0.25, -0.2) is 13.2 Å². The second kappa shape index (κ2) is 11.9. The van der Waals surface area contributed by atoms with Crippen molar-refractivity contribution in [2.24, 2.45) is 28.3 Å². The Labute approximate surface area is 213 Å². The van der Waals surface area contributed by atoms with Gasteiger partial charge >= 0.3 is 5.97 Å². The molecular weight excluding hydrogens is 484 g/mol. The van der Waals surface area contributed by atoms with E-state index in [1.807, 2.05) is 13.0 Å². The lowest BCUT2D eigenvalue weighted by Gasteiger charge is -2.38. The number of aliphatic imine (C=N–C) groups is 1. The smallest absolute Gasteiger partial charge is 0.328 e. The van der Waals surface area contributed by atoms with Gasteiger partial charge in [0.1, 0.15) is 17.0 Å². The van der Waals surface area contributed by atoms with Crippen molar-refractivity contribution in [3.8, 4) is 0 Å². The van der Waals surface area contributed by atoms with Gasteiger partial charge in [0.05, 0.1) is 12.8 Å². The van der Waals surface area contributed by atoms with Crippen molar-refractivity contribution in [3.05, 3.63) is 23.8 Å². The van der Waals surface area contributed by atoms with Gasteiger partial charge < -0.3 is 26.4 Å². The highest BCUT2D eigenvalue weighted by atomic mass is 32.2. The van der Waals surface area contributed by atoms with Gasteiger partial charge in [-0.15, -0.1) is 0 Å². The molecule has 1 amide bonds. The fourth-order valence-electron chi connectivity index (χ4n) is 4.85. The fourth-order valence-corrected chi connectivity index (χ4v) is 6.30. The molecule has 200 valence electrons. The zero-order chi connectivity index (χ0) is 26.5. The van der Waals surface area contributed by atoms with Crippen molar-refractivity contribution in [2.75, 3.05) is 32.1 Å². The van der Waals surface area contributed by atoms with Gasteiger partial charge in [-0.05, 0) is 55.6 Å². The first-order chi connectivity index (χ1) is 17.0. The van der Waals surface area contributed by atoms with Gasteiger partial charge in [0.25, 0.3) is 0 Å². The van der Waals surface area contributed by atoms with Crippen LogP contribution in [0.4, 0.5) is 5.69 Å². The Bertz CT molecular complexity index is 1090. The number of nitrogens with two attached hydrogens (primary N) is 2. The van der Waals surface area contributed by atoms with E-state index in [9.17, 15) is 18.0 Å². The molecule has 4 unspecified atom stereocenters. The van der Waals surface area contributed by atoms with Gasteiger partial charge in [0.2, 0.25) is 15.9 Å². The molecule has 1 aromatic rings. The second-order valence-corrected chi connectivity index (χ2v) is 11.5. The number of likely N-dealkylation sites (tertiary alicyclic amines) is 1. The van der Waals surface area contributed by atoms with Crippen LogP contribution in [0.1, 0.15) is 45.1 Å². The van der Waals surface area contributed by atoms with Gasteiger partial charge in [-0.3, -0.25) is 9.79 Å². The number of piperidine rings is 1. The lowest BCUT2D eigenvalue weighted by molar-refractivity contribution is -0.156. The van der Waals surface area contributed by atoms with E-state index in [4.69, 9.17) is 16.2 Å². The van der Waals surface area contributed by atoms with E-state index in [0.29, 0.717) is 44.0 Å². The van der Waals surface area contributed by atoms with Crippen molar-refractivity contribution in [2.45, 2.75) is 62.9 Å². The number of amides is 1. The summed E-state index contributed by atoms with van der Waals surface area (Å²) < 4.78 is 34.7. The minimum Gasteiger partial charge on any atom is -0.467 e. The zero-order valence-corrected chi connectivity index (χ0v) is 22.0. The van der Waals surface area contributed by atoms with Crippen LogP contribution >= 0.6 is 0 Å². The normalized spacial score (nSPS) is 22.6. The van der Waals surface area contributed by atoms with Crippen LogP contribution in [-0.4, -0.2) is 70.0 Å². The van der Waals surface area contributed by atoms with E-state index in [2.05, 4.69) is 22.0 Å². The molecule has 2 aliphatic rings. The quantitative estimate of drug-likeness (QED) is 0.160. The van der Waals surface area contributed by atoms with Gasteiger partial charge in [-0.2, -0.15) is 4.72 Å². The first kappa shape index (κ1) is 27.7. The molecule has 3 rings (SSSR count). The molecule has 0 bridgehead atoms. The summed E-state index contributed by atoms with van der Waals surface area (Å²) in [6.07, 6.45) is 2.46. The molecule has 6 N–H and O–H groups in total. The molecule has 2 aliphatic heterocycles. The number of carbonyl (C=O) groups excluding carboxylic acids is 2. The molecule has 0 aliphatic carbocycles. The van der Waals surface area contributed by atoms with Crippen LogP contribution in [0, 0.1) is 11.8 Å². The van der Waals surface area contributed by atoms with Crippen molar-refractivity contribution >= 4 is 33.5 Å². The maximum Gasteiger partial charge on any atom is 0.328 e. The summed E-state index contributed by atoms with van der Waals surface area (Å²) in [7, 11) is -2.79. The predicted molar refractivity (Wildman–Crippen MR) is 138 cm³/mol. The van der Waals surface area contributed by atoms with Crippen LogP contribution in [0.5, 0.6) is 0 Å². The van der Waals surface area contributed by atoms with E-state index in [1.165, 1.54) is 18.1 Å². The number of benzene rings is 1. The Morgan fingerprint density at radius 3 is 2.72 bits per heavy atom. The molecule has 0 aromatic heterocycles. The maximum absolute atomic E-state index is 13.7. The van der Waals surface area contributed by atoms with Gasteiger partial charge in [0.15, 0.2) is 5.96 Å². The molecule has 1 aromatic carbocycles. The molecule has 1 fully saturated rings. The Kier molecular flexibility index (Phi) is 9.18. The molecule has 2 heterocycles. The summed E-state index contributed by atoms with van der Waals surface area (Å²) in [6.45, 7) is 5.35. The number of fused-ring (bicyclic) bond motifs is 1. The molecule has 1 saturated heterocycles. The van der Waals surface area contributed by atoms with Crippen LogP contribution in [0.3, 0.4) is 0 Å². The average molecular weight is 523 g/mol. The summed E-state index contributed by atoms with van der Waals surface area (Å²) in [5.41, 5.74) is 12.3. The van der Waals surface area contributed by atoms with E-state index >= 15 is 0 Å². The molecule has 11 nitrogen and oxygen atoms in total. The number of anilines is 1. The van der Waals surface area contributed by atoms with Crippen LogP contribution in [-0.2, 0) is 30.8 Å². The molecule has 0 spiro atoms. The number of carbonyl (C=O) groups is 2. The van der Waals surface area contributed by atoms with Crippen LogP contribution < -0.4 is 21.5 Å². The van der Waals surface area contributed by atoms with Crippen molar-refractivity contribution < 1.29 is 22.7 Å². The number of rotatable bonds is 9. The highest BCUT2D eigenvalue weighted by molar-refractivity contribution is 7.89. The largest absolute Gasteiger partial charge is 0.467 e. The summed E-state index contributed by atoms with van der Waals surface area (Å²) in [4.78, 5) is 31.7. The molecule has 36 heavy (non-hydrogen) atoms. The van der Waals surface area contributed by atoms with Crippen molar-refractivity contribution in [1.29, 1.82) is 0 Å². The summed E-state index contributed by atoms with van der Waals surface area (Å²) in [6, 6.07) is 3.30. The summed E-state index contributed by atoms with van der Waals surface area (Å²) in [5.74, 6) is -0.431. The lowest BCUT2D eigenvalue weighted by atomic mass is 9.91. The SMILES string of the molecule is COC(=O)C1CC(C)CCN1C(=O)C(CCCN=C(N)N)NS(=O)(=O)c1cccc2c1NCC(C)C2. The number of esters is 1. The van der Waals surface area contributed by atoms with Gasteiger partial charge in [-0.1, -0.05) is 26.0 Å². The number of ether oxygens (including phenoxy) is 1. The highest BCUT2D eigenvalue weighted by Gasteiger charge is 2.39. The monoisotopic (exact) mass is 522 g/mol. The number of hydrogen-bond donors (Lipinski definition) is 4. The number of nitrogens with zero attached hydrogens (tertiary/aromatic N) is 2. The first-order valence-corrected chi connectivity index (χ1v) is 13.8. The number of guanidine groups is 1.